The van der Waals surface area contributed by atoms with Crippen molar-refractivity contribution in [1.29, 1.82) is 0 Å². The van der Waals surface area contributed by atoms with E-state index in [0.717, 1.165) is 13.3 Å². The van der Waals surface area contributed by atoms with Crippen LogP contribution in [-0.2, 0) is 11.2 Å². The van der Waals surface area contributed by atoms with Gasteiger partial charge in [-0.3, -0.25) is 4.79 Å². The Morgan fingerprint density at radius 2 is 2.15 bits per heavy atom. The zero-order valence-corrected chi connectivity index (χ0v) is 11.8. The molecule has 0 saturated carbocycles. The van der Waals surface area contributed by atoms with Crippen molar-refractivity contribution >= 4 is 12.0 Å². The number of nitrogens with one attached hydrogen (secondary N) is 1. The molecule has 106 valence electrons. The molecule has 4 nitrogen and oxygen atoms in total. The number of aromatic nitrogens is 2. The SMILES string of the molecule is C=Cc1ccccc1CC(C)c1cnc[nH]1.CC(=O)O. The van der Waals surface area contributed by atoms with Gasteiger partial charge in [-0.2, -0.15) is 0 Å². The number of hydrogen-bond acceptors (Lipinski definition) is 2. The minimum atomic E-state index is -0.833. The van der Waals surface area contributed by atoms with Crippen LogP contribution < -0.4 is 0 Å². The lowest BCUT2D eigenvalue weighted by molar-refractivity contribution is -0.134. The number of imidazole rings is 1. The lowest BCUT2D eigenvalue weighted by Crippen LogP contribution is -2.00. The van der Waals surface area contributed by atoms with Crippen molar-refractivity contribution < 1.29 is 9.90 Å². The van der Waals surface area contributed by atoms with Gasteiger partial charge in [-0.1, -0.05) is 43.8 Å². The van der Waals surface area contributed by atoms with Crippen molar-refractivity contribution in [3.63, 3.8) is 0 Å². The highest BCUT2D eigenvalue weighted by Gasteiger charge is 2.09. The van der Waals surface area contributed by atoms with Gasteiger partial charge in [-0.05, 0) is 17.5 Å². The maximum Gasteiger partial charge on any atom is 0.300 e. The van der Waals surface area contributed by atoms with Gasteiger partial charge in [0, 0.05) is 24.7 Å². The maximum absolute atomic E-state index is 9.00. The van der Waals surface area contributed by atoms with Gasteiger partial charge >= 0.3 is 0 Å². The van der Waals surface area contributed by atoms with E-state index in [1.54, 1.807) is 6.33 Å². The van der Waals surface area contributed by atoms with Gasteiger partial charge in [-0.15, -0.1) is 0 Å². The third-order valence-corrected chi connectivity index (χ3v) is 2.85. The minimum Gasteiger partial charge on any atom is -0.481 e. The van der Waals surface area contributed by atoms with E-state index in [9.17, 15) is 0 Å². The zero-order valence-electron chi connectivity index (χ0n) is 11.8. The molecule has 2 aromatic rings. The van der Waals surface area contributed by atoms with Gasteiger partial charge in [0.2, 0.25) is 0 Å². The fourth-order valence-corrected chi connectivity index (χ4v) is 1.90. The largest absolute Gasteiger partial charge is 0.481 e. The first kappa shape index (κ1) is 15.7. The number of nitrogens with zero attached hydrogens (tertiary/aromatic N) is 1. The first-order chi connectivity index (χ1) is 9.54. The molecule has 4 heteroatoms. The van der Waals surface area contributed by atoms with Crippen molar-refractivity contribution in [3.05, 3.63) is 60.2 Å². The third-order valence-electron chi connectivity index (χ3n) is 2.85. The van der Waals surface area contributed by atoms with E-state index >= 15 is 0 Å². The Balaban J connectivity index is 0.000000444. The normalized spacial score (nSPS) is 11.1. The Morgan fingerprint density at radius 1 is 1.50 bits per heavy atom. The number of aromatic amines is 1. The van der Waals surface area contributed by atoms with Crippen molar-refractivity contribution in [3.8, 4) is 0 Å². The van der Waals surface area contributed by atoms with E-state index in [1.807, 2.05) is 18.3 Å². The third kappa shape index (κ3) is 5.10. The molecule has 0 bridgehead atoms. The van der Waals surface area contributed by atoms with Crippen molar-refractivity contribution in [2.24, 2.45) is 0 Å². The Morgan fingerprint density at radius 3 is 2.70 bits per heavy atom. The van der Waals surface area contributed by atoms with Gasteiger partial charge < -0.3 is 10.1 Å². The van der Waals surface area contributed by atoms with Crippen LogP contribution in [0.15, 0.2) is 43.4 Å². The van der Waals surface area contributed by atoms with E-state index in [0.29, 0.717) is 5.92 Å². The molecule has 1 atom stereocenters. The zero-order chi connectivity index (χ0) is 15.0. The van der Waals surface area contributed by atoms with E-state index in [1.165, 1.54) is 16.8 Å². The van der Waals surface area contributed by atoms with Gasteiger partial charge in [0.05, 0.1) is 6.33 Å². The lowest BCUT2D eigenvalue weighted by Gasteiger charge is -2.11. The van der Waals surface area contributed by atoms with Crippen LogP contribution in [0.3, 0.4) is 0 Å². The van der Waals surface area contributed by atoms with Crippen LogP contribution in [0.1, 0.15) is 36.6 Å². The summed E-state index contributed by atoms with van der Waals surface area (Å²) in [5, 5.41) is 7.42. The first-order valence-corrected chi connectivity index (χ1v) is 6.42. The quantitative estimate of drug-likeness (QED) is 0.895. The smallest absolute Gasteiger partial charge is 0.300 e. The van der Waals surface area contributed by atoms with Gasteiger partial charge in [0.15, 0.2) is 0 Å². The number of carboxylic acid groups (broad SMARTS) is 1. The van der Waals surface area contributed by atoms with E-state index in [-0.39, 0.29) is 0 Å². The second kappa shape index (κ2) is 7.94. The van der Waals surface area contributed by atoms with Gasteiger partial charge in [0.25, 0.3) is 5.97 Å². The lowest BCUT2D eigenvalue weighted by atomic mass is 9.95. The molecule has 0 aliphatic rings. The summed E-state index contributed by atoms with van der Waals surface area (Å²) in [7, 11) is 0. The van der Waals surface area contributed by atoms with Crippen LogP contribution in [0.4, 0.5) is 0 Å². The Bertz CT molecular complexity index is 543. The summed E-state index contributed by atoms with van der Waals surface area (Å²) in [6.07, 6.45) is 6.53. The maximum atomic E-state index is 9.00. The summed E-state index contributed by atoms with van der Waals surface area (Å²) < 4.78 is 0. The summed E-state index contributed by atoms with van der Waals surface area (Å²) in [5.41, 5.74) is 3.73. The number of H-pyrrole nitrogens is 1. The summed E-state index contributed by atoms with van der Waals surface area (Å²) in [6, 6.07) is 8.37. The van der Waals surface area contributed by atoms with E-state index in [2.05, 4.69) is 41.7 Å². The van der Waals surface area contributed by atoms with Crippen LogP contribution in [0.5, 0.6) is 0 Å². The van der Waals surface area contributed by atoms with Gasteiger partial charge in [-0.25, -0.2) is 4.98 Å². The summed E-state index contributed by atoms with van der Waals surface area (Å²) >= 11 is 0. The number of carbonyl (C=O) groups is 1. The van der Waals surface area contributed by atoms with Crippen molar-refractivity contribution in [1.82, 2.24) is 9.97 Å². The Kier molecular flexibility index (Phi) is 6.23. The predicted octanol–water partition coefficient (Wildman–Crippen LogP) is 3.49. The first-order valence-electron chi connectivity index (χ1n) is 6.42. The molecule has 0 saturated heterocycles. The molecule has 0 fully saturated rings. The fraction of sp³-hybridized carbons (Fsp3) is 0.250. The van der Waals surface area contributed by atoms with Crippen LogP contribution >= 0.6 is 0 Å². The molecule has 0 radical (unpaired) electrons. The average molecular weight is 272 g/mol. The minimum absolute atomic E-state index is 0.448. The summed E-state index contributed by atoms with van der Waals surface area (Å²) in [5.74, 6) is -0.386. The van der Waals surface area contributed by atoms with Crippen LogP contribution in [0, 0.1) is 0 Å². The second-order valence-electron chi connectivity index (χ2n) is 4.53. The fourth-order valence-electron chi connectivity index (χ4n) is 1.90. The monoisotopic (exact) mass is 272 g/mol. The highest BCUT2D eigenvalue weighted by molar-refractivity contribution is 5.62. The van der Waals surface area contributed by atoms with Crippen LogP contribution in [-0.4, -0.2) is 21.0 Å². The molecule has 2 rings (SSSR count). The number of rotatable bonds is 4. The number of carboxylic acids is 1. The van der Waals surface area contributed by atoms with E-state index < -0.39 is 5.97 Å². The molecule has 0 aliphatic carbocycles. The molecule has 2 N–H and O–H groups in total. The average Bonchev–Trinajstić information content (AvgIpc) is 2.92. The second-order valence-corrected chi connectivity index (χ2v) is 4.53. The highest BCUT2D eigenvalue weighted by atomic mass is 16.4. The molecule has 20 heavy (non-hydrogen) atoms. The topological polar surface area (TPSA) is 66.0 Å². The van der Waals surface area contributed by atoms with Crippen molar-refractivity contribution in [2.45, 2.75) is 26.2 Å². The van der Waals surface area contributed by atoms with Gasteiger partial charge in [0.1, 0.15) is 0 Å². The van der Waals surface area contributed by atoms with E-state index in [4.69, 9.17) is 9.90 Å². The molecule has 1 unspecified atom stereocenters. The Labute approximate surface area is 119 Å². The summed E-state index contributed by atoms with van der Waals surface area (Å²) in [4.78, 5) is 16.2. The van der Waals surface area contributed by atoms with Crippen LogP contribution in [0.2, 0.25) is 0 Å². The van der Waals surface area contributed by atoms with Crippen LogP contribution in [0.25, 0.3) is 6.08 Å². The molecule has 0 amide bonds. The Hall–Kier alpha value is -2.36. The van der Waals surface area contributed by atoms with Crippen molar-refractivity contribution in [2.75, 3.05) is 0 Å². The molecule has 0 aliphatic heterocycles. The number of benzene rings is 1. The molecular weight excluding hydrogens is 252 g/mol. The summed E-state index contributed by atoms with van der Waals surface area (Å²) in [6.45, 7) is 7.13. The number of hydrogen-bond donors (Lipinski definition) is 2. The predicted molar refractivity (Wildman–Crippen MR) is 80.5 cm³/mol. The standard InChI is InChI=1S/C14H16N2.C2H4O2/c1-3-12-6-4-5-7-13(12)8-11(2)14-9-15-10-16-14;1-2(3)4/h3-7,9-11H,1,8H2,2H3,(H,15,16);1H3,(H,3,4). The molecular formula is C16H20N2O2. The molecule has 0 spiro atoms. The molecule has 1 aromatic heterocycles. The highest BCUT2D eigenvalue weighted by Crippen LogP contribution is 2.20. The number of aliphatic carboxylic acids is 1. The molecule has 1 heterocycles. The molecule has 1 aromatic carbocycles.